The van der Waals surface area contributed by atoms with Crippen LogP contribution in [0.15, 0.2) is 101 Å². The minimum Gasteiger partial charge on any atom is -0.489 e. The van der Waals surface area contributed by atoms with E-state index in [0.717, 1.165) is 21.3 Å². The number of hydrazone groups is 1. The van der Waals surface area contributed by atoms with E-state index in [1.807, 2.05) is 48.5 Å². The van der Waals surface area contributed by atoms with E-state index in [9.17, 15) is 4.79 Å². The zero-order valence-corrected chi connectivity index (χ0v) is 17.7. The molecule has 4 rings (SSSR count). The van der Waals surface area contributed by atoms with E-state index in [0.29, 0.717) is 12.2 Å². The van der Waals surface area contributed by atoms with Gasteiger partial charge in [0.2, 0.25) is 0 Å². The van der Waals surface area contributed by atoms with Crippen molar-refractivity contribution in [2.75, 3.05) is 0 Å². The SMILES string of the molecule is O=C(N/N=C\c1ccc(OCc2ccc3ccccc3c2)cc1)c1ccc(Br)cc1. The van der Waals surface area contributed by atoms with Crippen molar-refractivity contribution in [3.05, 3.63) is 112 Å². The average Bonchev–Trinajstić information content (AvgIpc) is 2.79. The van der Waals surface area contributed by atoms with Crippen LogP contribution in [0.3, 0.4) is 0 Å². The Balaban J connectivity index is 1.31. The van der Waals surface area contributed by atoms with Crippen LogP contribution < -0.4 is 10.2 Å². The summed E-state index contributed by atoms with van der Waals surface area (Å²) in [5, 5.41) is 6.44. The Morgan fingerprint density at radius 3 is 2.40 bits per heavy atom. The number of ether oxygens (including phenoxy) is 1. The van der Waals surface area contributed by atoms with Gasteiger partial charge in [-0.25, -0.2) is 5.43 Å². The third-order valence-corrected chi connectivity index (χ3v) is 5.11. The van der Waals surface area contributed by atoms with Gasteiger partial charge in [0.05, 0.1) is 6.21 Å². The molecule has 1 N–H and O–H groups in total. The summed E-state index contributed by atoms with van der Waals surface area (Å²) >= 11 is 3.35. The number of nitrogens with one attached hydrogen (secondary N) is 1. The van der Waals surface area contributed by atoms with Gasteiger partial charge in [-0.1, -0.05) is 52.3 Å². The first-order chi connectivity index (χ1) is 14.7. The number of nitrogens with zero attached hydrogens (tertiary/aromatic N) is 1. The van der Waals surface area contributed by atoms with Crippen molar-refractivity contribution in [2.45, 2.75) is 6.61 Å². The first-order valence-electron chi connectivity index (χ1n) is 9.47. The number of rotatable bonds is 6. The highest BCUT2D eigenvalue weighted by atomic mass is 79.9. The number of hydrogen-bond donors (Lipinski definition) is 1. The van der Waals surface area contributed by atoms with E-state index in [1.54, 1.807) is 18.3 Å². The Morgan fingerprint density at radius 1 is 0.900 bits per heavy atom. The highest BCUT2D eigenvalue weighted by Crippen LogP contribution is 2.18. The Hall–Kier alpha value is -3.44. The zero-order valence-electron chi connectivity index (χ0n) is 16.1. The fourth-order valence-corrected chi connectivity index (χ4v) is 3.24. The lowest BCUT2D eigenvalue weighted by Crippen LogP contribution is -2.17. The molecule has 0 unspecified atom stereocenters. The molecule has 0 heterocycles. The summed E-state index contributed by atoms with van der Waals surface area (Å²) in [7, 11) is 0. The van der Waals surface area contributed by atoms with Crippen LogP contribution in [0.1, 0.15) is 21.5 Å². The van der Waals surface area contributed by atoms with Gasteiger partial charge in [-0.05, 0) is 76.5 Å². The lowest BCUT2D eigenvalue weighted by Gasteiger charge is -2.07. The molecule has 0 saturated heterocycles. The number of benzene rings is 4. The van der Waals surface area contributed by atoms with Gasteiger partial charge in [0.15, 0.2) is 0 Å². The second-order valence-electron chi connectivity index (χ2n) is 6.75. The highest BCUT2D eigenvalue weighted by Gasteiger charge is 2.03. The van der Waals surface area contributed by atoms with E-state index in [4.69, 9.17) is 4.74 Å². The van der Waals surface area contributed by atoms with Gasteiger partial charge >= 0.3 is 0 Å². The maximum absolute atomic E-state index is 12.0. The number of halogens is 1. The maximum atomic E-state index is 12.0. The summed E-state index contributed by atoms with van der Waals surface area (Å²) < 4.78 is 6.81. The summed E-state index contributed by atoms with van der Waals surface area (Å²) in [5.74, 6) is 0.522. The first-order valence-corrected chi connectivity index (χ1v) is 10.3. The van der Waals surface area contributed by atoms with Crippen molar-refractivity contribution < 1.29 is 9.53 Å². The number of hydrogen-bond acceptors (Lipinski definition) is 3. The van der Waals surface area contributed by atoms with Crippen LogP contribution in [0, 0.1) is 0 Å². The number of carbonyl (C=O) groups excluding carboxylic acids is 1. The largest absolute Gasteiger partial charge is 0.489 e. The van der Waals surface area contributed by atoms with E-state index in [1.165, 1.54) is 10.8 Å². The van der Waals surface area contributed by atoms with Crippen LogP contribution in [0.25, 0.3) is 10.8 Å². The molecular formula is C25H19BrN2O2. The monoisotopic (exact) mass is 458 g/mol. The van der Waals surface area contributed by atoms with Gasteiger partial charge in [0, 0.05) is 10.0 Å². The van der Waals surface area contributed by atoms with Crippen molar-refractivity contribution in [2.24, 2.45) is 5.10 Å². The third-order valence-electron chi connectivity index (χ3n) is 4.59. The summed E-state index contributed by atoms with van der Waals surface area (Å²) in [5.41, 5.74) is 5.06. The zero-order chi connectivity index (χ0) is 20.8. The Kier molecular flexibility index (Phi) is 6.20. The van der Waals surface area contributed by atoms with Gasteiger partial charge in [0.25, 0.3) is 5.91 Å². The molecule has 0 radical (unpaired) electrons. The number of fused-ring (bicyclic) bond motifs is 1. The van der Waals surface area contributed by atoms with Gasteiger partial charge in [-0.3, -0.25) is 4.79 Å². The van der Waals surface area contributed by atoms with E-state index < -0.39 is 0 Å². The standard InChI is InChI=1S/C25H19BrN2O2/c26-23-11-9-21(10-12-23)25(29)28-27-16-18-6-13-24(14-7-18)30-17-19-5-8-20-3-1-2-4-22(20)15-19/h1-16H,17H2,(H,28,29)/b27-16-. The van der Waals surface area contributed by atoms with Gasteiger partial charge in [-0.15, -0.1) is 0 Å². The van der Waals surface area contributed by atoms with Crippen LogP contribution in [-0.2, 0) is 6.61 Å². The second-order valence-corrected chi connectivity index (χ2v) is 7.66. The van der Waals surface area contributed by atoms with Crippen LogP contribution in [-0.4, -0.2) is 12.1 Å². The maximum Gasteiger partial charge on any atom is 0.271 e. The summed E-state index contributed by atoms with van der Waals surface area (Å²) in [6.45, 7) is 0.502. The minimum absolute atomic E-state index is 0.255. The molecule has 0 spiro atoms. The second kappa shape index (κ2) is 9.37. The molecule has 0 atom stereocenters. The Morgan fingerprint density at radius 2 is 1.63 bits per heavy atom. The molecule has 1 amide bonds. The van der Waals surface area contributed by atoms with Crippen molar-refractivity contribution in [3.8, 4) is 5.75 Å². The molecule has 30 heavy (non-hydrogen) atoms. The molecule has 0 aliphatic carbocycles. The fourth-order valence-electron chi connectivity index (χ4n) is 2.98. The molecular weight excluding hydrogens is 440 g/mol. The summed E-state index contributed by atoms with van der Waals surface area (Å²) in [6.07, 6.45) is 1.60. The quantitative estimate of drug-likeness (QED) is 0.286. The molecule has 0 bridgehead atoms. The smallest absolute Gasteiger partial charge is 0.271 e. The first kappa shape index (κ1) is 19.9. The lowest BCUT2D eigenvalue weighted by atomic mass is 10.1. The van der Waals surface area contributed by atoms with Crippen LogP contribution in [0.4, 0.5) is 0 Å². The number of carbonyl (C=O) groups is 1. The predicted octanol–water partition coefficient (Wildman–Crippen LogP) is 5.95. The minimum atomic E-state index is -0.255. The number of amides is 1. The van der Waals surface area contributed by atoms with Crippen molar-refractivity contribution in [3.63, 3.8) is 0 Å². The topological polar surface area (TPSA) is 50.7 Å². The van der Waals surface area contributed by atoms with Crippen molar-refractivity contribution in [1.82, 2.24) is 5.43 Å². The Bertz CT molecular complexity index is 1190. The van der Waals surface area contributed by atoms with Gasteiger partial charge < -0.3 is 4.74 Å². The molecule has 0 aliphatic heterocycles. The van der Waals surface area contributed by atoms with Crippen LogP contribution >= 0.6 is 15.9 Å². The normalized spacial score (nSPS) is 11.0. The highest BCUT2D eigenvalue weighted by molar-refractivity contribution is 9.10. The van der Waals surface area contributed by atoms with E-state index in [2.05, 4.69) is 56.8 Å². The summed E-state index contributed by atoms with van der Waals surface area (Å²) in [6, 6.07) is 29.3. The molecule has 148 valence electrons. The fraction of sp³-hybridized carbons (Fsp3) is 0.0400. The summed E-state index contributed by atoms with van der Waals surface area (Å²) in [4.78, 5) is 12.0. The predicted molar refractivity (Wildman–Crippen MR) is 124 cm³/mol. The molecule has 0 aliphatic rings. The Labute approximate surface area is 183 Å². The molecule has 5 heteroatoms. The van der Waals surface area contributed by atoms with E-state index in [-0.39, 0.29) is 5.91 Å². The van der Waals surface area contributed by atoms with Crippen molar-refractivity contribution >= 4 is 38.8 Å². The molecule has 0 fully saturated rings. The molecule has 0 aromatic heterocycles. The molecule has 4 nitrogen and oxygen atoms in total. The molecule has 4 aromatic carbocycles. The van der Waals surface area contributed by atoms with Crippen LogP contribution in [0.2, 0.25) is 0 Å². The molecule has 0 saturated carbocycles. The van der Waals surface area contributed by atoms with Gasteiger partial charge in [0.1, 0.15) is 12.4 Å². The lowest BCUT2D eigenvalue weighted by molar-refractivity contribution is 0.0955. The van der Waals surface area contributed by atoms with Crippen LogP contribution in [0.5, 0.6) is 5.75 Å². The van der Waals surface area contributed by atoms with E-state index >= 15 is 0 Å². The molecule has 4 aromatic rings. The van der Waals surface area contributed by atoms with Crippen molar-refractivity contribution in [1.29, 1.82) is 0 Å². The average molecular weight is 459 g/mol. The van der Waals surface area contributed by atoms with Gasteiger partial charge in [-0.2, -0.15) is 5.10 Å². The third kappa shape index (κ3) is 5.13.